The van der Waals surface area contributed by atoms with Crippen LogP contribution in [0.3, 0.4) is 0 Å². The van der Waals surface area contributed by atoms with Crippen LogP contribution >= 0.6 is 0 Å². The molecule has 3 N–H and O–H groups in total. The number of hydrogen-bond donors (Lipinski definition) is 2. The zero-order chi connectivity index (χ0) is 10.1. The van der Waals surface area contributed by atoms with Crippen molar-refractivity contribution >= 4 is 0 Å². The molecule has 1 atom stereocenters. The van der Waals surface area contributed by atoms with Crippen LogP contribution in [0.5, 0.6) is 0 Å². The number of hydrogen-bond acceptors (Lipinski definition) is 3. The van der Waals surface area contributed by atoms with Crippen molar-refractivity contribution in [1.82, 2.24) is 4.90 Å². The number of nitrogens with two attached hydrogens (primary N) is 1. The maximum atomic E-state index is 8.71. The van der Waals surface area contributed by atoms with E-state index >= 15 is 0 Å². The molecule has 0 aliphatic rings. The second-order valence-electron chi connectivity index (χ2n) is 3.57. The zero-order valence-corrected chi connectivity index (χ0v) is 9.00. The number of rotatable bonds is 8. The topological polar surface area (TPSA) is 49.5 Å². The highest BCUT2D eigenvalue weighted by Gasteiger charge is 2.07. The molecule has 13 heavy (non-hydrogen) atoms. The van der Waals surface area contributed by atoms with Gasteiger partial charge in [-0.25, -0.2) is 0 Å². The highest BCUT2D eigenvalue weighted by Crippen LogP contribution is 1.97. The minimum atomic E-state index is 0.128. The van der Waals surface area contributed by atoms with E-state index in [0.717, 1.165) is 19.6 Å². The molecule has 0 saturated heterocycles. The van der Waals surface area contributed by atoms with Crippen molar-refractivity contribution in [1.29, 1.82) is 0 Å². The second-order valence-corrected chi connectivity index (χ2v) is 3.57. The highest BCUT2D eigenvalue weighted by molar-refractivity contribution is 4.67. The molecule has 3 heteroatoms. The Morgan fingerprint density at radius 2 is 1.77 bits per heavy atom. The first-order valence-corrected chi connectivity index (χ1v) is 5.33. The smallest absolute Gasteiger partial charge is 0.0446 e. The highest BCUT2D eigenvalue weighted by atomic mass is 16.3. The summed E-state index contributed by atoms with van der Waals surface area (Å²) in [5.41, 5.74) is 5.84. The molecule has 0 aliphatic heterocycles. The van der Waals surface area contributed by atoms with Crippen molar-refractivity contribution in [2.75, 3.05) is 26.2 Å². The minimum absolute atomic E-state index is 0.128. The number of aliphatic hydroxyl groups is 1. The molecule has 0 heterocycles. The molecule has 0 radical (unpaired) electrons. The Balaban J connectivity index is 3.64. The Labute approximate surface area is 81.9 Å². The average Bonchev–Trinajstić information content (AvgIpc) is 2.05. The standard InChI is InChI=1S/C10H24N2O/c1-3-6-12(7-4-2)9-10(11)5-8-13/h10,13H,3-9,11H2,1-2H3. The maximum absolute atomic E-state index is 8.71. The molecule has 0 aromatic rings. The Morgan fingerprint density at radius 1 is 1.23 bits per heavy atom. The van der Waals surface area contributed by atoms with Crippen LogP contribution in [0.4, 0.5) is 0 Å². The van der Waals surface area contributed by atoms with Crippen molar-refractivity contribution < 1.29 is 5.11 Å². The molecular formula is C10H24N2O. The molecule has 3 nitrogen and oxygen atoms in total. The van der Waals surface area contributed by atoms with Gasteiger partial charge in [-0.3, -0.25) is 0 Å². The van der Waals surface area contributed by atoms with E-state index in [-0.39, 0.29) is 12.6 Å². The van der Waals surface area contributed by atoms with Gasteiger partial charge in [0.05, 0.1) is 0 Å². The Bertz CT molecular complexity index is 103. The fourth-order valence-electron chi connectivity index (χ4n) is 1.52. The first kappa shape index (κ1) is 12.9. The van der Waals surface area contributed by atoms with Crippen LogP contribution in [0, 0.1) is 0 Å². The molecule has 0 rings (SSSR count). The lowest BCUT2D eigenvalue weighted by Gasteiger charge is -2.24. The summed E-state index contributed by atoms with van der Waals surface area (Å²) in [5, 5.41) is 8.71. The van der Waals surface area contributed by atoms with E-state index in [1.165, 1.54) is 12.8 Å². The lowest BCUT2D eigenvalue weighted by molar-refractivity contribution is 0.224. The molecule has 0 spiro atoms. The molecule has 80 valence electrons. The van der Waals surface area contributed by atoms with Gasteiger partial charge < -0.3 is 15.7 Å². The van der Waals surface area contributed by atoms with Crippen molar-refractivity contribution in [3.05, 3.63) is 0 Å². The summed E-state index contributed by atoms with van der Waals surface area (Å²) in [7, 11) is 0. The van der Waals surface area contributed by atoms with E-state index < -0.39 is 0 Å². The predicted octanol–water partition coefficient (Wildman–Crippen LogP) is 0.818. The van der Waals surface area contributed by atoms with Crippen LogP contribution in [0.25, 0.3) is 0 Å². The summed E-state index contributed by atoms with van der Waals surface area (Å²) in [5.74, 6) is 0. The fourth-order valence-corrected chi connectivity index (χ4v) is 1.52. The van der Waals surface area contributed by atoms with Crippen molar-refractivity contribution in [3.8, 4) is 0 Å². The molecular weight excluding hydrogens is 164 g/mol. The third-order valence-electron chi connectivity index (χ3n) is 2.07. The van der Waals surface area contributed by atoms with E-state index in [4.69, 9.17) is 10.8 Å². The summed E-state index contributed by atoms with van der Waals surface area (Å²) < 4.78 is 0. The lowest BCUT2D eigenvalue weighted by Crippen LogP contribution is -2.38. The van der Waals surface area contributed by atoms with Gasteiger partial charge in [-0.1, -0.05) is 13.8 Å². The van der Waals surface area contributed by atoms with Gasteiger partial charge in [0.25, 0.3) is 0 Å². The zero-order valence-electron chi connectivity index (χ0n) is 9.00. The summed E-state index contributed by atoms with van der Waals surface area (Å²) in [6.45, 7) is 7.72. The Kier molecular flexibility index (Phi) is 8.40. The molecule has 0 saturated carbocycles. The van der Waals surface area contributed by atoms with E-state index in [2.05, 4.69) is 18.7 Å². The maximum Gasteiger partial charge on any atom is 0.0446 e. The Hall–Kier alpha value is -0.120. The molecule has 0 bridgehead atoms. The third kappa shape index (κ3) is 6.99. The summed E-state index contributed by atoms with van der Waals surface area (Å²) >= 11 is 0. The van der Waals surface area contributed by atoms with E-state index in [9.17, 15) is 0 Å². The minimum Gasteiger partial charge on any atom is -0.396 e. The summed E-state index contributed by atoms with van der Waals surface area (Å²) in [6, 6.07) is 0.128. The van der Waals surface area contributed by atoms with E-state index in [1.54, 1.807) is 0 Å². The van der Waals surface area contributed by atoms with Crippen molar-refractivity contribution in [2.45, 2.75) is 39.2 Å². The van der Waals surface area contributed by atoms with Crippen molar-refractivity contribution in [3.63, 3.8) is 0 Å². The molecule has 0 aromatic heterocycles. The average molecular weight is 188 g/mol. The van der Waals surface area contributed by atoms with Gasteiger partial charge in [-0.15, -0.1) is 0 Å². The largest absolute Gasteiger partial charge is 0.396 e. The van der Waals surface area contributed by atoms with E-state index in [1.807, 2.05) is 0 Å². The number of nitrogens with zero attached hydrogens (tertiary/aromatic N) is 1. The van der Waals surface area contributed by atoms with Gasteiger partial charge in [0, 0.05) is 19.2 Å². The fraction of sp³-hybridized carbons (Fsp3) is 1.00. The quantitative estimate of drug-likeness (QED) is 0.593. The molecule has 0 aromatic carbocycles. The second kappa shape index (κ2) is 8.48. The normalized spacial score (nSPS) is 13.6. The third-order valence-corrected chi connectivity index (χ3v) is 2.07. The van der Waals surface area contributed by atoms with Crippen molar-refractivity contribution in [2.24, 2.45) is 5.73 Å². The number of aliphatic hydroxyl groups excluding tert-OH is 1. The molecule has 1 unspecified atom stereocenters. The lowest BCUT2D eigenvalue weighted by atomic mass is 10.2. The van der Waals surface area contributed by atoms with Gasteiger partial charge in [0.2, 0.25) is 0 Å². The Morgan fingerprint density at radius 3 is 2.15 bits per heavy atom. The molecule has 0 aliphatic carbocycles. The van der Waals surface area contributed by atoms with Crippen LogP contribution in [-0.2, 0) is 0 Å². The molecule has 0 amide bonds. The van der Waals surface area contributed by atoms with Gasteiger partial charge in [0.15, 0.2) is 0 Å². The molecule has 0 fully saturated rings. The first-order valence-electron chi connectivity index (χ1n) is 5.33. The summed E-state index contributed by atoms with van der Waals surface area (Å²) in [6.07, 6.45) is 3.06. The first-order chi connectivity index (χ1) is 6.24. The van der Waals surface area contributed by atoms with Crippen LogP contribution in [-0.4, -0.2) is 42.3 Å². The monoisotopic (exact) mass is 188 g/mol. The van der Waals surface area contributed by atoms with E-state index in [0.29, 0.717) is 6.42 Å². The van der Waals surface area contributed by atoms with Crippen LogP contribution in [0.1, 0.15) is 33.1 Å². The predicted molar refractivity (Wildman–Crippen MR) is 56.7 cm³/mol. The van der Waals surface area contributed by atoms with Crippen LogP contribution < -0.4 is 5.73 Å². The van der Waals surface area contributed by atoms with Gasteiger partial charge >= 0.3 is 0 Å². The van der Waals surface area contributed by atoms with Gasteiger partial charge in [-0.05, 0) is 32.4 Å². The van der Waals surface area contributed by atoms with Crippen LogP contribution in [0.15, 0.2) is 0 Å². The van der Waals surface area contributed by atoms with Crippen LogP contribution in [0.2, 0.25) is 0 Å². The van der Waals surface area contributed by atoms with Gasteiger partial charge in [0.1, 0.15) is 0 Å². The SMILES string of the molecule is CCCN(CCC)CC(N)CCO. The van der Waals surface area contributed by atoms with Gasteiger partial charge in [-0.2, -0.15) is 0 Å². The summed E-state index contributed by atoms with van der Waals surface area (Å²) in [4.78, 5) is 2.38.